The van der Waals surface area contributed by atoms with Crippen molar-refractivity contribution in [3.63, 3.8) is 0 Å². The van der Waals surface area contributed by atoms with Crippen molar-refractivity contribution in [1.29, 1.82) is 0 Å². The van der Waals surface area contributed by atoms with Crippen LogP contribution in [-0.4, -0.2) is 16.3 Å². The first-order chi connectivity index (χ1) is 5.20. The maximum atomic E-state index is 10.4. The Kier molecular flexibility index (Phi) is 3.24. The largest absolute Gasteiger partial charge is 0.481 e. The van der Waals surface area contributed by atoms with Crippen molar-refractivity contribution in [1.82, 2.24) is 0 Å². The molecule has 3 heteroatoms. The molecule has 0 aromatic heterocycles. The maximum Gasteiger partial charge on any atom is 0.303 e. The van der Waals surface area contributed by atoms with Crippen LogP contribution >= 0.6 is 12.6 Å². The molecule has 1 rings (SSSR count). The number of thiol groups is 1. The van der Waals surface area contributed by atoms with E-state index >= 15 is 0 Å². The van der Waals surface area contributed by atoms with Gasteiger partial charge in [-0.2, -0.15) is 12.6 Å². The molecular formula is C8H14O2S. The van der Waals surface area contributed by atoms with E-state index in [0.29, 0.717) is 17.6 Å². The van der Waals surface area contributed by atoms with E-state index in [9.17, 15) is 4.79 Å². The van der Waals surface area contributed by atoms with Gasteiger partial charge in [0.1, 0.15) is 0 Å². The van der Waals surface area contributed by atoms with Gasteiger partial charge < -0.3 is 5.11 Å². The van der Waals surface area contributed by atoms with Crippen molar-refractivity contribution < 1.29 is 9.90 Å². The zero-order valence-corrected chi connectivity index (χ0v) is 7.39. The highest BCUT2D eigenvalue weighted by atomic mass is 32.1. The van der Waals surface area contributed by atoms with E-state index in [0.717, 1.165) is 12.8 Å². The minimum Gasteiger partial charge on any atom is -0.481 e. The van der Waals surface area contributed by atoms with E-state index < -0.39 is 5.97 Å². The fourth-order valence-corrected chi connectivity index (χ4v) is 2.09. The average Bonchev–Trinajstić information content (AvgIpc) is 1.93. The molecule has 2 unspecified atom stereocenters. The van der Waals surface area contributed by atoms with E-state index in [1.165, 1.54) is 12.8 Å². The van der Waals surface area contributed by atoms with E-state index in [-0.39, 0.29) is 0 Å². The molecule has 0 saturated heterocycles. The number of rotatable bonds is 2. The Bertz CT molecular complexity index is 147. The molecule has 1 saturated carbocycles. The van der Waals surface area contributed by atoms with Gasteiger partial charge in [-0.1, -0.05) is 12.8 Å². The highest BCUT2D eigenvalue weighted by molar-refractivity contribution is 7.81. The van der Waals surface area contributed by atoms with Gasteiger partial charge in [0.15, 0.2) is 0 Å². The van der Waals surface area contributed by atoms with Crippen LogP contribution in [0.25, 0.3) is 0 Å². The van der Waals surface area contributed by atoms with Crippen LogP contribution in [0.3, 0.4) is 0 Å². The smallest absolute Gasteiger partial charge is 0.303 e. The van der Waals surface area contributed by atoms with Crippen LogP contribution in [0, 0.1) is 5.92 Å². The first kappa shape index (κ1) is 8.91. The third kappa shape index (κ3) is 2.73. The quantitative estimate of drug-likeness (QED) is 0.628. The number of carboxylic acid groups (broad SMARTS) is 1. The normalized spacial score (nSPS) is 31.7. The summed E-state index contributed by atoms with van der Waals surface area (Å²) in [7, 11) is 0. The summed E-state index contributed by atoms with van der Waals surface area (Å²) in [5.41, 5.74) is 0. The molecule has 0 spiro atoms. The van der Waals surface area contributed by atoms with Crippen molar-refractivity contribution in [2.24, 2.45) is 5.92 Å². The van der Waals surface area contributed by atoms with Crippen LogP contribution in [0.2, 0.25) is 0 Å². The van der Waals surface area contributed by atoms with Gasteiger partial charge in [-0.05, 0) is 18.8 Å². The maximum absolute atomic E-state index is 10.4. The molecule has 11 heavy (non-hydrogen) atoms. The fraction of sp³-hybridized carbons (Fsp3) is 0.875. The predicted octanol–water partition coefficient (Wildman–Crippen LogP) is 1.95. The van der Waals surface area contributed by atoms with Crippen molar-refractivity contribution in [2.75, 3.05) is 0 Å². The van der Waals surface area contributed by atoms with Crippen molar-refractivity contribution in [3.05, 3.63) is 0 Å². The second-order valence-electron chi connectivity index (χ2n) is 3.21. The lowest BCUT2D eigenvalue weighted by Crippen LogP contribution is -2.22. The highest BCUT2D eigenvalue weighted by Gasteiger charge is 2.23. The van der Waals surface area contributed by atoms with E-state index in [4.69, 9.17) is 5.11 Å². The first-order valence-electron chi connectivity index (χ1n) is 4.10. The van der Waals surface area contributed by atoms with Gasteiger partial charge >= 0.3 is 5.97 Å². The zero-order chi connectivity index (χ0) is 8.27. The molecule has 0 radical (unpaired) electrons. The summed E-state index contributed by atoms with van der Waals surface area (Å²) >= 11 is 4.37. The lowest BCUT2D eigenvalue weighted by molar-refractivity contribution is -0.138. The van der Waals surface area contributed by atoms with Crippen LogP contribution < -0.4 is 0 Å². The van der Waals surface area contributed by atoms with E-state index in [1.807, 2.05) is 0 Å². The van der Waals surface area contributed by atoms with Gasteiger partial charge in [0.05, 0.1) is 0 Å². The summed E-state index contributed by atoms with van der Waals surface area (Å²) in [6.07, 6.45) is 4.81. The monoisotopic (exact) mass is 174 g/mol. The molecule has 2 atom stereocenters. The Hall–Kier alpha value is -0.180. The molecule has 0 aliphatic heterocycles. The first-order valence-corrected chi connectivity index (χ1v) is 4.61. The Morgan fingerprint density at radius 2 is 2.09 bits per heavy atom. The molecule has 1 fully saturated rings. The Morgan fingerprint density at radius 1 is 1.45 bits per heavy atom. The van der Waals surface area contributed by atoms with Crippen LogP contribution in [0.4, 0.5) is 0 Å². The van der Waals surface area contributed by atoms with E-state index in [1.54, 1.807) is 0 Å². The number of carbonyl (C=O) groups is 1. The number of hydrogen-bond acceptors (Lipinski definition) is 2. The molecule has 0 amide bonds. The van der Waals surface area contributed by atoms with Gasteiger partial charge in [-0.15, -0.1) is 0 Å². The minimum atomic E-state index is -0.684. The number of aliphatic carboxylic acids is 1. The zero-order valence-electron chi connectivity index (χ0n) is 6.49. The van der Waals surface area contributed by atoms with Crippen LogP contribution in [0.5, 0.6) is 0 Å². The summed E-state index contributed by atoms with van der Waals surface area (Å²) in [6.45, 7) is 0. The van der Waals surface area contributed by atoms with Gasteiger partial charge in [0, 0.05) is 11.7 Å². The highest BCUT2D eigenvalue weighted by Crippen LogP contribution is 2.30. The minimum absolute atomic E-state index is 0.300. The molecule has 2 nitrogen and oxygen atoms in total. The topological polar surface area (TPSA) is 37.3 Å². The number of carboxylic acids is 1. The van der Waals surface area contributed by atoms with Crippen molar-refractivity contribution >= 4 is 18.6 Å². The molecule has 1 aliphatic carbocycles. The molecular weight excluding hydrogens is 160 g/mol. The molecule has 0 bridgehead atoms. The second-order valence-corrected chi connectivity index (χ2v) is 3.87. The molecule has 0 heterocycles. The summed E-state index contributed by atoms with van der Waals surface area (Å²) in [4.78, 5) is 10.4. The standard InChI is InChI=1S/C8H14O2S/c9-8(10)5-6-3-1-2-4-7(6)11/h6-7,11H,1-5H2,(H,9,10). The number of hydrogen-bond donors (Lipinski definition) is 2. The summed E-state index contributed by atoms with van der Waals surface area (Å²) in [6, 6.07) is 0. The molecule has 64 valence electrons. The Labute approximate surface area is 72.4 Å². The molecule has 1 N–H and O–H groups in total. The predicted molar refractivity (Wildman–Crippen MR) is 47.0 cm³/mol. The van der Waals surface area contributed by atoms with Crippen LogP contribution in [-0.2, 0) is 4.79 Å². The van der Waals surface area contributed by atoms with Crippen LogP contribution in [0.1, 0.15) is 32.1 Å². The Morgan fingerprint density at radius 3 is 2.64 bits per heavy atom. The van der Waals surface area contributed by atoms with Gasteiger partial charge in [-0.3, -0.25) is 4.79 Å². The summed E-state index contributed by atoms with van der Waals surface area (Å²) in [5, 5.41) is 8.87. The summed E-state index contributed by atoms with van der Waals surface area (Å²) in [5.74, 6) is -0.375. The molecule has 0 aromatic rings. The SMILES string of the molecule is O=C(O)CC1CCCCC1S. The summed E-state index contributed by atoms with van der Waals surface area (Å²) < 4.78 is 0. The van der Waals surface area contributed by atoms with Gasteiger partial charge in [0.2, 0.25) is 0 Å². The molecule has 0 aromatic carbocycles. The van der Waals surface area contributed by atoms with Gasteiger partial charge in [-0.25, -0.2) is 0 Å². The van der Waals surface area contributed by atoms with Gasteiger partial charge in [0.25, 0.3) is 0 Å². The third-order valence-corrected chi connectivity index (χ3v) is 2.99. The third-order valence-electron chi connectivity index (χ3n) is 2.31. The second kappa shape index (κ2) is 4.00. The lowest BCUT2D eigenvalue weighted by atomic mass is 9.86. The molecule has 1 aliphatic rings. The van der Waals surface area contributed by atoms with Crippen LogP contribution in [0.15, 0.2) is 0 Å². The van der Waals surface area contributed by atoms with Crippen molar-refractivity contribution in [2.45, 2.75) is 37.4 Å². The van der Waals surface area contributed by atoms with Crippen molar-refractivity contribution in [3.8, 4) is 0 Å². The average molecular weight is 174 g/mol. The lowest BCUT2D eigenvalue weighted by Gasteiger charge is -2.26. The van der Waals surface area contributed by atoms with E-state index in [2.05, 4.69) is 12.6 Å². The Balaban J connectivity index is 2.35. The fourth-order valence-electron chi connectivity index (χ4n) is 1.65.